The maximum atomic E-state index is 5.23. The van der Waals surface area contributed by atoms with Gasteiger partial charge in [0.1, 0.15) is 5.75 Å². The maximum Gasteiger partial charge on any atom is 0.119 e. The maximum absolute atomic E-state index is 5.23. The predicted molar refractivity (Wildman–Crippen MR) is 151 cm³/mol. The fourth-order valence-corrected chi connectivity index (χ4v) is 4.28. The van der Waals surface area contributed by atoms with Crippen molar-refractivity contribution in [2.24, 2.45) is 4.99 Å². The van der Waals surface area contributed by atoms with Crippen molar-refractivity contribution < 1.29 is 4.74 Å². The summed E-state index contributed by atoms with van der Waals surface area (Å²) in [5.74, 6) is 0.825. The van der Waals surface area contributed by atoms with Gasteiger partial charge in [0.15, 0.2) is 0 Å². The Balaban J connectivity index is 1.60. The van der Waals surface area contributed by atoms with Crippen molar-refractivity contribution in [3.8, 4) is 5.75 Å². The average Bonchev–Trinajstić information content (AvgIpc) is 2.97. The Hall–Kier alpha value is -4.69. The average molecular weight is 466 g/mol. The SMILES string of the molecule is COc1ccc(N=Cc2ccc(C(=C(c3ccccc3)c3ccccc3)c3ccccc3)cc2)cc1. The fraction of sp³-hybridized carbons (Fsp3) is 0.0294. The monoisotopic (exact) mass is 465 g/mol. The van der Waals surface area contributed by atoms with Crippen molar-refractivity contribution >= 4 is 23.0 Å². The summed E-state index contributed by atoms with van der Waals surface area (Å²) in [6, 6.07) is 48.2. The topological polar surface area (TPSA) is 21.6 Å². The van der Waals surface area contributed by atoms with Crippen LogP contribution in [0.1, 0.15) is 27.8 Å². The molecule has 36 heavy (non-hydrogen) atoms. The lowest BCUT2D eigenvalue weighted by Gasteiger charge is -2.18. The van der Waals surface area contributed by atoms with E-state index in [1.807, 2.05) is 30.5 Å². The summed E-state index contributed by atoms with van der Waals surface area (Å²) in [5.41, 5.74) is 9.06. The molecule has 0 amide bonds. The highest BCUT2D eigenvalue weighted by atomic mass is 16.5. The largest absolute Gasteiger partial charge is 0.497 e. The molecule has 2 heteroatoms. The Kier molecular flexibility index (Phi) is 7.15. The molecule has 0 spiro atoms. The first kappa shape index (κ1) is 23.1. The Morgan fingerprint density at radius 1 is 0.500 bits per heavy atom. The zero-order valence-electron chi connectivity index (χ0n) is 20.2. The highest BCUT2D eigenvalue weighted by Gasteiger charge is 2.15. The van der Waals surface area contributed by atoms with Crippen LogP contribution in [-0.4, -0.2) is 13.3 Å². The van der Waals surface area contributed by atoms with Crippen LogP contribution in [0.2, 0.25) is 0 Å². The number of hydrogen-bond donors (Lipinski definition) is 0. The Labute approximate surface area is 212 Å². The van der Waals surface area contributed by atoms with Gasteiger partial charge in [0.25, 0.3) is 0 Å². The van der Waals surface area contributed by atoms with Gasteiger partial charge in [-0.2, -0.15) is 0 Å². The number of hydrogen-bond acceptors (Lipinski definition) is 2. The molecule has 0 heterocycles. The first-order valence-corrected chi connectivity index (χ1v) is 12.0. The lowest BCUT2D eigenvalue weighted by atomic mass is 9.85. The number of methoxy groups -OCH3 is 1. The number of ether oxygens (including phenoxy) is 1. The molecule has 0 aromatic heterocycles. The van der Waals surface area contributed by atoms with E-state index in [2.05, 4.69) is 120 Å². The van der Waals surface area contributed by atoms with E-state index in [1.165, 1.54) is 27.8 Å². The predicted octanol–water partition coefficient (Wildman–Crippen LogP) is 8.45. The molecule has 0 radical (unpaired) electrons. The van der Waals surface area contributed by atoms with E-state index in [0.29, 0.717) is 0 Å². The summed E-state index contributed by atoms with van der Waals surface area (Å²) in [4.78, 5) is 4.62. The van der Waals surface area contributed by atoms with Gasteiger partial charge in [-0.25, -0.2) is 0 Å². The molecule has 0 saturated carbocycles. The van der Waals surface area contributed by atoms with Crippen LogP contribution >= 0.6 is 0 Å². The second-order valence-electron chi connectivity index (χ2n) is 8.43. The molecule has 0 unspecified atom stereocenters. The zero-order valence-corrected chi connectivity index (χ0v) is 20.2. The van der Waals surface area contributed by atoms with E-state index in [9.17, 15) is 0 Å². The van der Waals surface area contributed by atoms with E-state index in [0.717, 1.165) is 22.6 Å². The quantitative estimate of drug-likeness (QED) is 0.174. The first-order valence-electron chi connectivity index (χ1n) is 12.0. The molecule has 5 rings (SSSR count). The van der Waals surface area contributed by atoms with Crippen LogP contribution in [0.5, 0.6) is 5.75 Å². The summed E-state index contributed by atoms with van der Waals surface area (Å²) in [6.07, 6.45) is 1.90. The van der Waals surface area contributed by atoms with Crippen molar-refractivity contribution in [2.45, 2.75) is 0 Å². The molecule has 5 aromatic carbocycles. The summed E-state index contributed by atoms with van der Waals surface area (Å²) in [6.45, 7) is 0. The second-order valence-corrected chi connectivity index (χ2v) is 8.43. The number of rotatable bonds is 7. The highest BCUT2D eigenvalue weighted by Crippen LogP contribution is 2.36. The van der Waals surface area contributed by atoms with Crippen molar-refractivity contribution in [1.29, 1.82) is 0 Å². The third kappa shape index (κ3) is 5.34. The molecule has 0 aliphatic carbocycles. The van der Waals surface area contributed by atoms with E-state index in [4.69, 9.17) is 4.74 Å². The van der Waals surface area contributed by atoms with Crippen LogP contribution in [0, 0.1) is 0 Å². The normalized spacial score (nSPS) is 10.8. The lowest BCUT2D eigenvalue weighted by Crippen LogP contribution is -1.97. The standard InChI is InChI=1S/C34H27NO/c1-36-32-23-21-31(22-24-32)35-25-26-17-19-30(20-18-26)34(29-15-9-4-10-16-29)33(27-11-5-2-6-12-27)28-13-7-3-8-14-28/h2-25H,1H3. The van der Waals surface area contributed by atoms with Gasteiger partial charge in [0, 0.05) is 6.21 Å². The molecule has 174 valence electrons. The molecule has 0 aliphatic rings. The number of aliphatic imine (C=N–C) groups is 1. The Bertz CT molecular complexity index is 1410. The third-order valence-electron chi connectivity index (χ3n) is 6.07. The van der Waals surface area contributed by atoms with Gasteiger partial charge < -0.3 is 4.74 Å². The summed E-state index contributed by atoms with van der Waals surface area (Å²) in [5, 5.41) is 0. The first-order chi connectivity index (χ1) is 17.8. The van der Waals surface area contributed by atoms with Crippen molar-refractivity contribution in [1.82, 2.24) is 0 Å². The minimum Gasteiger partial charge on any atom is -0.497 e. The Morgan fingerprint density at radius 3 is 1.33 bits per heavy atom. The van der Waals surface area contributed by atoms with Crippen molar-refractivity contribution in [3.63, 3.8) is 0 Å². The van der Waals surface area contributed by atoms with Crippen LogP contribution in [0.25, 0.3) is 11.1 Å². The van der Waals surface area contributed by atoms with Crippen LogP contribution in [-0.2, 0) is 0 Å². The van der Waals surface area contributed by atoms with E-state index in [-0.39, 0.29) is 0 Å². The van der Waals surface area contributed by atoms with Crippen molar-refractivity contribution in [2.75, 3.05) is 7.11 Å². The van der Waals surface area contributed by atoms with Gasteiger partial charge in [-0.1, -0.05) is 115 Å². The third-order valence-corrected chi connectivity index (χ3v) is 6.07. The van der Waals surface area contributed by atoms with Crippen molar-refractivity contribution in [3.05, 3.63) is 167 Å². The lowest BCUT2D eigenvalue weighted by molar-refractivity contribution is 0.415. The minimum absolute atomic E-state index is 0.825. The fourth-order valence-electron chi connectivity index (χ4n) is 4.28. The number of benzene rings is 5. The smallest absolute Gasteiger partial charge is 0.119 e. The van der Waals surface area contributed by atoms with Gasteiger partial charge in [-0.15, -0.1) is 0 Å². The van der Waals surface area contributed by atoms with Crippen LogP contribution in [0.4, 0.5) is 5.69 Å². The van der Waals surface area contributed by atoms with E-state index in [1.54, 1.807) is 7.11 Å². The molecular formula is C34H27NO. The van der Waals surface area contributed by atoms with Gasteiger partial charge >= 0.3 is 0 Å². The van der Waals surface area contributed by atoms with E-state index >= 15 is 0 Å². The molecule has 0 saturated heterocycles. The molecule has 0 aliphatic heterocycles. The van der Waals surface area contributed by atoms with Crippen LogP contribution in [0.3, 0.4) is 0 Å². The molecule has 0 bridgehead atoms. The highest BCUT2D eigenvalue weighted by molar-refractivity contribution is 6.04. The van der Waals surface area contributed by atoms with Crippen LogP contribution < -0.4 is 4.74 Å². The molecular weight excluding hydrogens is 438 g/mol. The molecule has 0 N–H and O–H groups in total. The molecule has 5 aromatic rings. The summed E-state index contributed by atoms with van der Waals surface area (Å²) < 4.78 is 5.23. The van der Waals surface area contributed by atoms with Gasteiger partial charge in [0.2, 0.25) is 0 Å². The summed E-state index contributed by atoms with van der Waals surface area (Å²) in [7, 11) is 1.67. The zero-order chi connectivity index (χ0) is 24.6. The van der Waals surface area contributed by atoms with Gasteiger partial charge in [-0.05, 0) is 63.2 Å². The van der Waals surface area contributed by atoms with Crippen LogP contribution in [0.15, 0.2) is 145 Å². The van der Waals surface area contributed by atoms with Gasteiger partial charge in [-0.3, -0.25) is 4.99 Å². The Morgan fingerprint density at radius 2 is 0.917 bits per heavy atom. The molecule has 0 atom stereocenters. The summed E-state index contributed by atoms with van der Waals surface area (Å²) >= 11 is 0. The van der Waals surface area contributed by atoms with E-state index < -0.39 is 0 Å². The second kappa shape index (κ2) is 11.2. The molecule has 0 fully saturated rings. The molecule has 2 nitrogen and oxygen atoms in total. The van der Waals surface area contributed by atoms with Gasteiger partial charge in [0.05, 0.1) is 12.8 Å². The number of nitrogens with zero attached hydrogens (tertiary/aromatic N) is 1. The minimum atomic E-state index is 0.825.